The van der Waals surface area contributed by atoms with E-state index < -0.39 is 0 Å². The molecule has 3 aromatic heterocycles. The summed E-state index contributed by atoms with van der Waals surface area (Å²) in [6.07, 6.45) is 0. The smallest absolute Gasteiger partial charge is 0.238 e. The van der Waals surface area contributed by atoms with Crippen molar-refractivity contribution in [3.05, 3.63) is 199 Å². The van der Waals surface area contributed by atoms with E-state index in [2.05, 4.69) is 205 Å². The Kier molecular flexibility index (Phi) is 7.20. The molecule has 5 nitrogen and oxygen atoms in total. The Hall–Kier alpha value is -7.63. The van der Waals surface area contributed by atoms with Gasteiger partial charge in [0.1, 0.15) is 0 Å². The highest BCUT2D eigenvalue weighted by molar-refractivity contribution is 6.12. The van der Waals surface area contributed by atoms with Crippen LogP contribution in [0.5, 0.6) is 0 Å². The largest absolute Gasteiger partial charge is 0.309 e. The maximum absolute atomic E-state index is 5.38. The number of nitrogens with zero attached hydrogens (tertiary/aromatic N) is 5. The summed E-state index contributed by atoms with van der Waals surface area (Å²) < 4.78 is 4.58. The standard InChI is InChI=1S/C54H37N5/c1-54(2)45-23-10-6-19-39(45)43-32-44-42-22-9-13-26-49(42)59(50(44)33-46(43)54)53-56-51(36-29-27-35(28-30-36)34-15-4-3-5-16-34)55-52(57-53)37-17-14-18-38(31-37)58-47-24-11-7-20-40(47)41-21-8-12-25-48(41)58/h3-33H,1-2H3. The summed E-state index contributed by atoms with van der Waals surface area (Å²) in [5.74, 6) is 1.81. The maximum atomic E-state index is 5.38. The highest BCUT2D eigenvalue weighted by Crippen LogP contribution is 2.51. The number of hydrogen-bond donors (Lipinski definition) is 0. The number of para-hydroxylation sites is 3. The van der Waals surface area contributed by atoms with Gasteiger partial charge in [-0.2, -0.15) is 9.97 Å². The Bertz CT molecular complexity index is 3410. The second-order valence-corrected chi connectivity index (χ2v) is 16.1. The lowest BCUT2D eigenvalue weighted by Gasteiger charge is -2.21. The van der Waals surface area contributed by atoms with Crippen LogP contribution in [0.2, 0.25) is 0 Å². The quantitative estimate of drug-likeness (QED) is 0.176. The second-order valence-electron chi connectivity index (χ2n) is 16.1. The van der Waals surface area contributed by atoms with Crippen molar-refractivity contribution in [2.75, 3.05) is 0 Å². The van der Waals surface area contributed by atoms with Gasteiger partial charge in [0.15, 0.2) is 11.6 Å². The van der Waals surface area contributed by atoms with Crippen LogP contribution in [0.3, 0.4) is 0 Å². The van der Waals surface area contributed by atoms with Gasteiger partial charge in [-0.25, -0.2) is 4.98 Å². The number of hydrogen-bond acceptors (Lipinski definition) is 3. The van der Waals surface area contributed by atoms with Crippen molar-refractivity contribution in [2.24, 2.45) is 0 Å². The van der Waals surface area contributed by atoms with Crippen LogP contribution in [-0.4, -0.2) is 24.1 Å². The highest BCUT2D eigenvalue weighted by Gasteiger charge is 2.36. The van der Waals surface area contributed by atoms with Crippen LogP contribution in [0.15, 0.2) is 188 Å². The van der Waals surface area contributed by atoms with Gasteiger partial charge < -0.3 is 4.57 Å². The first-order valence-corrected chi connectivity index (χ1v) is 20.2. The van der Waals surface area contributed by atoms with Crippen LogP contribution in [0.1, 0.15) is 25.0 Å². The van der Waals surface area contributed by atoms with Crippen LogP contribution in [0.4, 0.5) is 0 Å². The highest BCUT2D eigenvalue weighted by atomic mass is 15.2. The van der Waals surface area contributed by atoms with E-state index in [0.717, 1.165) is 49.8 Å². The fraction of sp³-hybridized carbons (Fsp3) is 0.0556. The third-order valence-electron chi connectivity index (χ3n) is 12.4. The predicted molar refractivity (Wildman–Crippen MR) is 242 cm³/mol. The molecule has 0 saturated heterocycles. The van der Waals surface area contributed by atoms with Gasteiger partial charge >= 0.3 is 0 Å². The molecule has 1 aliphatic rings. The molecule has 0 saturated carbocycles. The molecule has 11 aromatic rings. The minimum absolute atomic E-state index is 0.162. The summed E-state index contributed by atoms with van der Waals surface area (Å²) >= 11 is 0. The van der Waals surface area contributed by atoms with Crippen molar-refractivity contribution in [1.82, 2.24) is 24.1 Å². The molecular formula is C54H37N5. The number of aromatic nitrogens is 5. The third-order valence-corrected chi connectivity index (χ3v) is 12.4. The molecule has 0 radical (unpaired) electrons. The zero-order valence-electron chi connectivity index (χ0n) is 32.6. The van der Waals surface area contributed by atoms with Crippen LogP contribution in [-0.2, 0) is 5.41 Å². The van der Waals surface area contributed by atoms with Gasteiger partial charge in [-0.15, -0.1) is 0 Å². The molecule has 8 aromatic carbocycles. The maximum Gasteiger partial charge on any atom is 0.238 e. The summed E-state index contributed by atoms with van der Waals surface area (Å²) in [5.41, 5.74) is 14.7. The van der Waals surface area contributed by atoms with Crippen molar-refractivity contribution in [1.29, 1.82) is 0 Å². The van der Waals surface area contributed by atoms with Gasteiger partial charge in [0.05, 0.1) is 22.1 Å². The average Bonchev–Trinajstić information content (AvgIpc) is 3.89. The molecule has 0 unspecified atom stereocenters. The Balaban J connectivity index is 1.10. The van der Waals surface area contributed by atoms with Crippen LogP contribution in [0, 0.1) is 0 Å². The molecular weight excluding hydrogens is 719 g/mol. The predicted octanol–water partition coefficient (Wildman–Crippen LogP) is 13.4. The van der Waals surface area contributed by atoms with Crippen molar-refractivity contribution in [3.8, 4) is 56.7 Å². The molecule has 1 aliphatic carbocycles. The van der Waals surface area contributed by atoms with Crippen LogP contribution < -0.4 is 0 Å². The summed E-state index contributed by atoms with van der Waals surface area (Å²) in [7, 11) is 0. The van der Waals surface area contributed by atoms with Gasteiger partial charge in [0.25, 0.3) is 0 Å². The van der Waals surface area contributed by atoms with E-state index in [1.807, 2.05) is 6.07 Å². The van der Waals surface area contributed by atoms with Gasteiger partial charge in [0, 0.05) is 43.8 Å². The molecule has 0 N–H and O–H groups in total. The van der Waals surface area contributed by atoms with Crippen LogP contribution in [0.25, 0.3) is 100 Å². The SMILES string of the molecule is CC1(C)c2ccccc2-c2cc3c4ccccc4n(-c4nc(-c5ccc(-c6ccccc6)cc5)nc(-c5cccc(-n6c7ccccc7c7ccccc76)c5)n4)c3cc21. The summed E-state index contributed by atoms with van der Waals surface area (Å²) in [4.78, 5) is 16.0. The lowest BCUT2D eigenvalue weighted by molar-refractivity contribution is 0.661. The van der Waals surface area contributed by atoms with E-state index in [1.54, 1.807) is 0 Å². The second kappa shape index (κ2) is 12.7. The van der Waals surface area contributed by atoms with E-state index in [-0.39, 0.29) is 5.41 Å². The fourth-order valence-corrected chi connectivity index (χ4v) is 9.53. The van der Waals surface area contributed by atoms with Gasteiger partial charge in [-0.1, -0.05) is 159 Å². The zero-order valence-corrected chi connectivity index (χ0v) is 32.6. The van der Waals surface area contributed by atoms with Crippen molar-refractivity contribution in [3.63, 3.8) is 0 Å². The Morgan fingerprint density at radius 2 is 0.898 bits per heavy atom. The molecule has 5 heteroatoms. The zero-order chi connectivity index (χ0) is 39.2. The van der Waals surface area contributed by atoms with E-state index in [4.69, 9.17) is 15.0 Å². The normalized spacial score (nSPS) is 13.1. The molecule has 0 atom stereocenters. The number of rotatable bonds is 5. The molecule has 0 aliphatic heterocycles. The minimum atomic E-state index is -0.162. The summed E-state index contributed by atoms with van der Waals surface area (Å²) in [5, 5.41) is 4.79. The number of fused-ring (bicyclic) bond motifs is 9. The average molecular weight is 756 g/mol. The van der Waals surface area contributed by atoms with Crippen molar-refractivity contribution in [2.45, 2.75) is 19.3 Å². The van der Waals surface area contributed by atoms with Gasteiger partial charge in [0.2, 0.25) is 5.95 Å². The van der Waals surface area contributed by atoms with Gasteiger partial charge in [-0.05, 0) is 75.8 Å². The van der Waals surface area contributed by atoms with E-state index in [0.29, 0.717) is 17.6 Å². The molecule has 0 spiro atoms. The minimum Gasteiger partial charge on any atom is -0.309 e. The molecule has 0 amide bonds. The van der Waals surface area contributed by atoms with Gasteiger partial charge in [-0.3, -0.25) is 4.57 Å². The first kappa shape index (κ1) is 33.5. The molecule has 278 valence electrons. The fourth-order valence-electron chi connectivity index (χ4n) is 9.53. The molecule has 0 fully saturated rings. The first-order valence-electron chi connectivity index (χ1n) is 20.2. The molecule has 0 bridgehead atoms. The summed E-state index contributed by atoms with van der Waals surface area (Å²) in [6, 6.07) is 67.0. The number of benzene rings is 8. The van der Waals surface area contributed by atoms with E-state index >= 15 is 0 Å². The lowest BCUT2D eigenvalue weighted by atomic mass is 9.82. The molecule has 3 heterocycles. The Morgan fingerprint density at radius 1 is 0.356 bits per heavy atom. The third kappa shape index (κ3) is 5.08. The van der Waals surface area contributed by atoms with Crippen LogP contribution >= 0.6 is 0 Å². The monoisotopic (exact) mass is 755 g/mol. The Morgan fingerprint density at radius 3 is 1.61 bits per heavy atom. The first-order chi connectivity index (χ1) is 29.0. The van der Waals surface area contributed by atoms with Crippen molar-refractivity contribution >= 4 is 43.6 Å². The van der Waals surface area contributed by atoms with E-state index in [1.165, 1.54) is 44.0 Å². The molecule has 59 heavy (non-hydrogen) atoms. The molecule has 12 rings (SSSR count). The lowest BCUT2D eigenvalue weighted by Crippen LogP contribution is -2.15. The van der Waals surface area contributed by atoms with E-state index in [9.17, 15) is 0 Å². The topological polar surface area (TPSA) is 48.5 Å². The Labute approximate surface area is 341 Å². The van der Waals surface area contributed by atoms with Crippen molar-refractivity contribution < 1.29 is 0 Å². The summed E-state index contributed by atoms with van der Waals surface area (Å²) in [6.45, 7) is 4.66.